The molecule has 2 amide bonds. The summed E-state index contributed by atoms with van der Waals surface area (Å²) in [5.74, 6) is -1.23. The van der Waals surface area contributed by atoms with Crippen molar-refractivity contribution in [3.05, 3.63) is 0 Å². The Morgan fingerprint density at radius 3 is 2.10 bits per heavy atom. The zero-order valence-corrected chi connectivity index (χ0v) is 11.3. The second-order valence-electron chi connectivity index (χ2n) is 4.81. The maximum absolute atomic E-state index is 12.2. The number of nitrogens with zero attached hydrogens (tertiary/aromatic N) is 2. The molecular formula is C12H18N2O6. The SMILES string of the molecule is COC(=O)N1CCN(C(=O)C2CCC(C(=O)O)O2)CC1. The Morgan fingerprint density at radius 2 is 1.60 bits per heavy atom. The van der Waals surface area contributed by atoms with E-state index in [0.29, 0.717) is 39.0 Å². The summed E-state index contributed by atoms with van der Waals surface area (Å²) in [6.45, 7) is 1.64. The van der Waals surface area contributed by atoms with Crippen LogP contribution < -0.4 is 0 Å². The molecule has 8 heteroatoms. The van der Waals surface area contributed by atoms with E-state index in [4.69, 9.17) is 9.84 Å². The number of amides is 2. The highest BCUT2D eigenvalue weighted by Gasteiger charge is 2.37. The highest BCUT2D eigenvalue weighted by atomic mass is 16.5. The van der Waals surface area contributed by atoms with Gasteiger partial charge in [-0.1, -0.05) is 0 Å². The zero-order chi connectivity index (χ0) is 14.7. The Kier molecular flexibility index (Phi) is 4.43. The highest BCUT2D eigenvalue weighted by Crippen LogP contribution is 2.22. The third kappa shape index (κ3) is 3.01. The number of carbonyl (C=O) groups excluding carboxylic acids is 2. The summed E-state index contributed by atoms with van der Waals surface area (Å²) < 4.78 is 9.86. The van der Waals surface area contributed by atoms with E-state index in [0.717, 1.165) is 0 Å². The van der Waals surface area contributed by atoms with E-state index < -0.39 is 24.3 Å². The van der Waals surface area contributed by atoms with E-state index in [-0.39, 0.29) is 5.91 Å². The average molecular weight is 286 g/mol. The molecule has 1 N–H and O–H groups in total. The second kappa shape index (κ2) is 6.08. The number of carbonyl (C=O) groups is 3. The summed E-state index contributed by atoms with van der Waals surface area (Å²) in [4.78, 5) is 37.4. The number of carboxylic acid groups (broad SMARTS) is 1. The van der Waals surface area contributed by atoms with E-state index in [2.05, 4.69) is 4.74 Å². The molecule has 2 aliphatic heterocycles. The molecule has 0 radical (unpaired) electrons. The van der Waals surface area contributed by atoms with Gasteiger partial charge in [0.05, 0.1) is 7.11 Å². The first-order valence-corrected chi connectivity index (χ1v) is 6.53. The lowest BCUT2D eigenvalue weighted by molar-refractivity contribution is -0.155. The van der Waals surface area contributed by atoms with Crippen LogP contribution in [0.15, 0.2) is 0 Å². The molecule has 2 rings (SSSR count). The van der Waals surface area contributed by atoms with Gasteiger partial charge in [-0.2, -0.15) is 0 Å². The van der Waals surface area contributed by atoms with Crippen LogP contribution in [-0.4, -0.2) is 78.4 Å². The molecule has 2 fully saturated rings. The fourth-order valence-electron chi connectivity index (χ4n) is 2.44. The lowest BCUT2D eigenvalue weighted by atomic mass is 10.1. The number of ether oxygens (including phenoxy) is 2. The van der Waals surface area contributed by atoms with Crippen molar-refractivity contribution in [2.45, 2.75) is 25.0 Å². The van der Waals surface area contributed by atoms with Crippen molar-refractivity contribution in [2.75, 3.05) is 33.3 Å². The van der Waals surface area contributed by atoms with Crippen molar-refractivity contribution >= 4 is 18.0 Å². The third-order valence-corrected chi connectivity index (χ3v) is 3.59. The Bertz CT molecular complexity index is 405. The van der Waals surface area contributed by atoms with Crippen molar-refractivity contribution in [1.82, 2.24) is 9.80 Å². The summed E-state index contributed by atoms with van der Waals surface area (Å²) in [5.41, 5.74) is 0. The molecule has 112 valence electrons. The molecule has 0 saturated carbocycles. The fraction of sp³-hybridized carbons (Fsp3) is 0.750. The average Bonchev–Trinajstić information content (AvgIpc) is 2.96. The van der Waals surface area contributed by atoms with E-state index in [1.165, 1.54) is 12.0 Å². The molecular weight excluding hydrogens is 268 g/mol. The largest absolute Gasteiger partial charge is 0.479 e. The monoisotopic (exact) mass is 286 g/mol. The van der Waals surface area contributed by atoms with Gasteiger partial charge in [-0.3, -0.25) is 4.79 Å². The zero-order valence-electron chi connectivity index (χ0n) is 11.3. The Balaban J connectivity index is 1.83. The number of carboxylic acids is 1. The summed E-state index contributed by atoms with van der Waals surface area (Å²) >= 11 is 0. The lowest BCUT2D eigenvalue weighted by Crippen LogP contribution is -2.52. The van der Waals surface area contributed by atoms with Gasteiger partial charge >= 0.3 is 12.1 Å². The molecule has 0 aliphatic carbocycles. The smallest absolute Gasteiger partial charge is 0.409 e. The van der Waals surface area contributed by atoms with Gasteiger partial charge in [-0.05, 0) is 12.8 Å². The van der Waals surface area contributed by atoms with E-state index in [9.17, 15) is 14.4 Å². The van der Waals surface area contributed by atoms with E-state index in [1.807, 2.05) is 0 Å². The molecule has 0 aromatic carbocycles. The lowest BCUT2D eigenvalue weighted by Gasteiger charge is -2.34. The number of methoxy groups -OCH3 is 1. The van der Waals surface area contributed by atoms with Gasteiger partial charge in [0.25, 0.3) is 5.91 Å². The number of rotatable bonds is 2. The molecule has 20 heavy (non-hydrogen) atoms. The molecule has 2 unspecified atom stereocenters. The van der Waals surface area contributed by atoms with Crippen molar-refractivity contribution in [1.29, 1.82) is 0 Å². The topological polar surface area (TPSA) is 96.4 Å². The number of piperazine rings is 1. The Hall–Kier alpha value is -1.83. The minimum atomic E-state index is -1.03. The quantitative estimate of drug-likeness (QED) is 0.737. The predicted molar refractivity (Wildman–Crippen MR) is 66.1 cm³/mol. The normalized spacial score (nSPS) is 26.4. The van der Waals surface area contributed by atoms with Gasteiger partial charge < -0.3 is 24.4 Å². The Labute approximate surface area is 116 Å². The van der Waals surface area contributed by atoms with Crippen LogP contribution >= 0.6 is 0 Å². The third-order valence-electron chi connectivity index (χ3n) is 3.59. The van der Waals surface area contributed by atoms with E-state index >= 15 is 0 Å². The van der Waals surface area contributed by atoms with Crippen molar-refractivity contribution in [2.24, 2.45) is 0 Å². The van der Waals surface area contributed by atoms with Crippen molar-refractivity contribution < 1.29 is 29.0 Å². The molecule has 0 spiro atoms. The van der Waals surface area contributed by atoms with Crippen LogP contribution in [0.1, 0.15) is 12.8 Å². The van der Waals surface area contributed by atoms with Gasteiger partial charge in [-0.25, -0.2) is 9.59 Å². The Morgan fingerprint density at radius 1 is 1.05 bits per heavy atom. The van der Waals surface area contributed by atoms with Gasteiger partial charge in [-0.15, -0.1) is 0 Å². The van der Waals surface area contributed by atoms with Crippen LogP contribution in [0.5, 0.6) is 0 Å². The van der Waals surface area contributed by atoms with Crippen LogP contribution in [0, 0.1) is 0 Å². The van der Waals surface area contributed by atoms with Crippen LogP contribution in [-0.2, 0) is 19.1 Å². The van der Waals surface area contributed by atoms with Crippen LogP contribution in [0.25, 0.3) is 0 Å². The molecule has 0 aromatic heterocycles. The van der Waals surface area contributed by atoms with Gasteiger partial charge in [0.15, 0.2) is 6.10 Å². The molecule has 0 aromatic rings. The minimum absolute atomic E-state index is 0.196. The molecule has 2 aliphatic rings. The first kappa shape index (κ1) is 14.6. The first-order valence-electron chi connectivity index (χ1n) is 6.53. The standard InChI is InChI=1S/C12H18N2O6/c1-19-12(18)14-6-4-13(5-7-14)10(15)8-2-3-9(20-8)11(16)17/h8-9H,2-7H2,1H3,(H,16,17). The van der Waals surface area contributed by atoms with Crippen molar-refractivity contribution in [3.8, 4) is 0 Å². The van der Waals surface area contributed by atoms with E-state index in [1.54, 1.807) is 4.90 Å². The summed E-state index contributed by atoms with van der Waals surface area (Å²) in [5, 5.41) is 8.84. The van der Waals surface area contributed by atoms with Crippen LogP contribution in [0.3, 0.4) is 0 Å². The van der Waals surface area contributed by atoms with Crippen LogP contribution in [0.2, 0.25) is 0 Å². The predicted octanol–water partition coefficient (Wildman–Crippen LogP) is -0.471. The maximum atomic E-state index is 12.2. The first-order chi connectivity index (χ1) is 9.52. The number of aliphatic carboxylic acids is 1. The maximum Gasteiger partial charge on any atom is 0.409 e. The number of hydrogen-bond acceptors (Lipinski definition) is 5. The van der Waals surface area contributed by atoms with Gasteiger partial charge in [0.2, 0.25) is 0 Å². The minimum Gasteiger partial charge on any atom is -0.479 e. The summed E-state index contributed by atoms with van der Waals surface area (Å²) in [6, 6.07) is 0. The van der Waals surface area contributed by atoms with Gasteiger partial charge in [0.1, 0.15) is 6.10 Å². The fourth-order valence-corrected chi connectivity index (χ4v) is 2.44. The molecule has 8 nitrogen and oxygen atoms in total. The summed E-state index contributed by atoms with van der Waals surface area (Å²) in [6.07, 6.45) is -1.19. The summed E-state index contributed by atoms with van der Waals surface area (Å²) in [7, 11) is 1.32. The molecule has 2 saturated heterocycles. The number of hydrogen-bond donors (Lipinski definition) is 1. The molecule has 2 heterocycles. The molecule has 2 atom stereocenters. The highest BCUT2D eigenvalue weighted by molar-refractivity contribution is 5.83. The second-order valence-corrected chi connectivity index (χ2v) is 4.81. The van der Waals surface area contributed by atoms with Crippen molar-refractivity contribution in [3.63, 3.8) is 0 Å². The van der Waals surface area contributed by atoms with Crippen LogP contribution in [0.4, 0.5) is 4.79 Å². The molecule has 0 bridgehead atoms. The van der Waals surface area contributed by atoms with Gasteiger partial charge in [0, 0.05) is 26.2 Å².